The highest BCUT2D eigenvalue weighted by molar-refractivity contribution is 6.30. The van der Waals surface area contributed by atoms with E-state index in [4.69, 9.17) is 16.9 Å². The minimum Gasteiger partial charge on any atom is -0.302 e. The normalized spacial score (nSPS) is 9.69. The number of aromatic nitrogens is 1. The van der Waals surface area contributed by atoms with Gasteiger partial charge in [-0.1, -0.05) is 11.6 Å². The van der Waals surface area contributed by atoms with Crippen molar-refractivity contribution in [3.8, 4) is 6.07 Å². The number of nitriles is 1. The maximum atomic E-state index is 11.5. The third kappa shape index (κ3) is 1.73. The van der Waals surface area contributed by atoms with Gasteiger partial charge in [0.05, 0.1) is 12.5 Å². The average molecular weight is 197 g/mol. The predicted octanol–water partition coefficient (Wildman–Crippen LogP) is 1.41. The van der Waals surface area contributed by atoms with Crippen LogP contribution in [0.5, 0.6) is 0 Å². The van der Waals surface area contributed by atoms with Crippen LogP contribution in [0, 0.1) is 18.3 Å². The van der Waals surface area contributed by atoms with Gasteiger partial charge in [0.15, 0.2) is 0 Å². The summed E-state index contributed by atoms with van der Waals surface area (Å²) in [5.74, 6) is 0. The van der Waals surface area contributed by atoms with Crippen molar-refractivity contribution >= 4 is 11.6 Å². The van der Waals surface area contributed by atoms with Crippen LogP contribution in [-0.4, -0.2) is 4.57 Å². The van der Waals surface area contributed by atoms with Crippen molar-refractivity contribution in [3.05, 3.63) is 32.7 Å². The van der Waals surface area contributed by atoms with E-state index in [1.165, 1.54) is 4.57 Å². The minimum absolute atomic E-state index is 0.130. The van der Waals surface area contributed by atoms with E-state index in [2.05, 4.69) is 0 Å². The quantitative estimate of drug-likeness (QED) is 0.638. The van der Waals surface area contributed by atoms with Crippen LogP contribution in [0.4, 0.5) is 0 Å². The van der Waals surface area contributed by atoms with E-state index in [0.29, 0.717) is 10.7 Å². The molecule has 0 fully saturated rings. The molecule has 0 aromatic carbocycles. The van der Waals surface area contributed by atoms with Crippen LogP contribution in [0.2, 0.25) is 5.15 Å². The maximum absolute atomic E-state index is 11.5. The number of nitrogens with zero attached hydrogens (tertiary/aromatic N) is 2. The summed E-state index contributed by atoms with van der Waals surface area (Å²) in [6.07, 6.45) is 0.130. The molecule has 1 aromatic rings. The van der Waals surface area contributed by atoms with Gasteiger partial charge in [-0.05, 0) is 18.6 Å². The van der Waals surface area contributed by atoms with Gasteiger partial charge in [-0.3, -0.25) is 4.79 Å². The molecule has 1 aromatic heterocycles. The van der Waals surface area contributed by atoms with Gasteiger partial charge in [-0.15, -0.1) is 0 Å². The molecule has 0 bridgehead atoms. The fourth-order valence-corrected chi connectivity index (χ4v) is 1.29. The number of hydrogen-bond acceptors (Lipinski definition) is 2. The highest BCUT2D eigenvalue weighted by atomic mass is 35.5. The SMILES string of the molecule is Cc1cc(CC#N)c(=O)n(C)c1Cl. The molecule has 4 heteroatoms. The van der Waals surface area contributed by atoms with E-state index in [9.17, 15) is 4.79 Å². The Morgan fingerprint density at radius 3 is 2.85 bits per heavy atom. The molecular weight excluding hydrogens is 188 g/mol. The Morgan fingerprint density at radius 2 is 2.31 bits per heavy atom. The summed E-state index contributed by atoms with van der Waals surface area (Å²) >= 11 is 5.84. The summed E-state index contributed by atoms with van der Waals surface area (Å²) in [6, 6.07) is 3.60. The zero-order valence-corrected chi connectivity index (χ0v) is 8.22. The summed E-state index contributed by atoms with van der Waals surface area (Å²) in [5.41, 5.74) is 1.11. The van der Waals surface area contributed by atoms with Crippen molar-refractivity contribution in [3.63, 3.8) is 0 Å². The minimum atomic E-state index is -0.197. The number of halogens is 1. The van der Waals surface area contributed by atoms with Crippen LogP contribution in [0.25, 0.3) is 0 Å². The predicted molar refractivity (Wildman–Crippen MR) is 50.7 cm³/mol. The molecule has 0 saturated heterocycles. The zero-order valence-electron chi connectivity index (χ0n) is 7.47. The van der Waals surface area contributed by atoms with Crippen LogP contribution in [0.15, 0.2) is 10.9 Å². The van der Waals surface area contributed by atoms with Gasteiger partial charge in [0.2, 0.25) is 0 Å². The molecule has 0 spiro atoms. The molecule has 68 valence electrons. The van der Waals surface area contributed by atoms with Crippen LogP contribution in [-0.2, 0) is 13.5 Å². The summed E-state index contributed by atoms with van der Waals surface area (Å²) in [4.78, 5) is 11.5. The first-order valence-corrected chi connectivity index (χ1v) is 4.17. The third-order valence-electron chi connectivity index (χ3n) is 1.86. The molecule has 0 radical (unpaired) electrons. The molecule has 0 saturated carbocycles. The van der Waals surface area contributed by atoms with Gasteiger partial charge in [0, 0.05) is 12.6 Å². The summed E-state index contributed by atoms with van der Waals surface area (Å²) in [6.45, 7) is 1.81. The van der Waals surface area contributed by atoms with Gasteiger partial charge < -0.3 is 4.57 Å². The molecule has 0 N–H and O–H groups in total. The molecule has 0 atom stereocenters. The van der Waals surface area contributed by atoms with Gasteiger partial charge in [0.1, 0.15) is 5.15 Å². The van der Waals surface area contributed by atoms with E-state index in [0.717, 1.165) is 5.56 Å². The molecule has 0 unspecified atom stereocenters. The van der Waals surface area contributed by atoms with E-state index < -0.39 is 0 Å². The monoisotopic (exact) mass is 196 g/mol. The van der Waals surface area contributed by atoms with Gasteiger partial charge in [-0.25, -0.2) is 0 Å². The first-order chi connectivity index (χ1) is 6.07. The van der Waals surface area contributed by atoms with Crippen LogP contribution in [0.1, 0.15) is 11.1 Å². The van der Waals surface area contributed by atoms with Crippen molar-refractivity contribution in [1.29, 1.82) is 5.26 Å². The Hall–Kier alpha value is -1.27. The van der Waals surface area contributed by atoms with Crippen molar-refractivity contribution in [2.24, 2.45) is 7.05 Å². The van der Waals surface area contributed by atoms with Gasteiger partial charge in [0.25, 0.3) is 5.56 Å². The Labute approximate surface area is 81.2 Å². The first-order valence-electron chi connectivity index (χ1n) is 3.80. The first kappa shape index (κ1) is 9.82. The lowest BCUT2D eigenvalue weighted by Crippen LogP contribution is -2.22. The summed E-state index contributed by atoms with van der Waals surface area (Å²) in [5, 5.41) is 8.89. The van der Waals surface area contributed by atoms with E-state index >= 15 is 0 Å². The third-order valence-corrected chi connectivity index (χ3v) is 2.41. The lowest BCUT2D eigenvalue weighted by Gasteiger charge is -2.06. The number of pyridine rings is 1. The second-order valence-electron chi connectivity index (χ2n) is 2.84. The lowest BCUT2D eigenvalue weighted by molar-refractivity contribution is 0.835. The fourth-order valence-electron chi connectivity index (χ4n) is 1.16. The van der Waals surface area contributed by atoms with E-state index in [-0.39, 0.29) is 12.0 Å². The molecule has 0 amide bonds. The van der Waals surface area contributed by atoms with Crippen molar-refractivity contribution in [2.75, 3.05) is 0 Å². The zero-order chi connectivity index (χ0) is 10.0. The van der Waals surface area contributed by atoms with Crippen molar-refractivity contribution in [2.45, 2.75) is 13.3 Å². The molecule has 0 aliphatic carbocycles. The Kier molecular flexibility index (Phi) is 2.74. The molecule has 3 nitrogen and oxygen atoms in total. The lowest BCUT2D eigenvalue weighted by atomic mass is 10.1. The Bertz CT molecular complexity index is 428. The smallest absolute Gasteiger partial charge is 0.255 e. The molecule has 0 aliphatic heterocycles. The summed E-state index contributed by atoms with van der Waals surface area (Å²) < 4.78 is 1.35. The standard InChI is InChI=1S/C9H9ClN2O/c1-6-5-7(3-4-11)9(13)12(2)8(6)10/h5H,3H2,1-2H3. The van der Waals surface area contributed by atoms with Gasteiger partial charge >= 0.3 is 0 Å². The largest absolute Gasteiger partial charge is 0.302 e. The number of aryl methyl sites for hydroxylation is 1. The maximum Gasteiger partial charge on any atom is 0.255 e. The number of rotatable bonds is 1. The molecule has 0 aliphatic rings. The van der Waals surface area contributed by atoms with Crippen molar-refractivity contribution in [1.82, 2.24) is 4.57 Å². The van der Waals surface area contributed by atoms with Crippen LogP contribution in [0.3, 0.4) is 0 Å². The number of hydrogen-bond donors (Lipinski definition) is 0. The molecular formula is C9H9ClN2O. The highest BCUT2D eigenvalue weighted by Crippen LogP contribution is 2.12. The average Bonchev–Trinajstić information content (AvgIpc) is 2.11. The highest BCUT2D eigenvalue weighted by Gasteiger charge is 2.06. The van der Waals surface area contributed by atoms with E-state index in [1.807, 2.05) is 13.0 Å². The second-order valence-corrected chi connectivity index (χ2v) is 3.20. The van der Waals surface area contributed by atoms with Crippen molar-refractivity contribution < 1.29 is 0 Å². The topological polar surface area (TPSA) is 45.8 Å². The van der Waals surface area contributed by atoms with Gasteiger partial charge in [-0.2, -0.15) is 5.26 Å². The second kappa shape index (κ2) is 3.63. The molecule has 13 heavy (non-hydrogen) atoms. The Balaban J connectivity index is 3.43. The van der Waals surface area contributed by atoms with Crippen LogP contribution >= 0.6 is 11.6 Å². The Morgan fingerprint density at radius 1 is 1.69 bits per heavy atom. The fraction of sp³-hybridized carbons (Fsp3) is 0.333. The molecule has 1 rings (SSSR count). The van der Waals surface area contributed by atoms with Crippen LogP contribution < -0.4 is 5.56 Å². The molecule has 1 heterocycles. The van der Waals surface area contributed by atoms with E-state index in [1.54, 1.807) is 13.1 Å². The summed E-state index contributed by atoms with van der Waals surface area (Å²) in [7, 11) is 1.60.